The zero-order valence-electron chi connectivity index (χ0n) is 11.0. The lowest BCUT2D eigenvalue weighted by Crippen LogP contribution is -2.28. The Morgan fingerprint density at radius 1 is 1.38 bits per heavy atom. The number of oxazole rings is 1. The fourth-order valence-electron chi connectivity index (χ4n) is 1.60. The Morgan fingerprint density at radius 2 is 2.14 bits per heavy atom. The standard InChI is InChI=1S/C13H12BrN3O4/c1-7-5-15-11(21-7)6-16-13(20)17-10-3-8(12(18)19)2-9(14)4-10/h2-5H,6H2,1H3,(H,18,19)(H2,16,17,20). The molecular weight excluding hydrogens is 342 g/mol. The quantitative estimate of drug-likeness (QED) is 0.783. The number of aromatic carboxylic acids is 1. The summed E-state index contributed by atoms with van der Waals surface area (Å²) in [4.78, 5) is 26.6. The molecule has 21 heavy (non-hydrogen) atoms. The predicted molar refractivity (Wildman–Crippen MR) is 78.2 cm³/mol. The molecule has 1 heterocycles. The van der Waals surface area contributed by atoms with Gasteiger partial charge in [-0.25, -0.2) is 14.6 Å². The van der Waals surface area contributed by atoms with E-state index in [1.807, 2.05) is 0 Å². The van der Waals surface area contributed by atoms with Crippen LogP contribution < -0.4 is 10.6 Å². The highest BCUT2D eigenvalue weighted by atomic mass is 79.9. The Morgan fingerprint density at radius 3 is 2.76 bits per heavy atom. The number of rotatable bonds is 4. The van der Waals surface area contributed by atoms with E-state index in [9.17, 15) is 9.59 Å². The largest absolute Gasteiger partial charge is 0.478 e. The molecule has 0 spiro atoms. The first kappa shape index (κ1) is 15.0. The van der Waals surface area contributed by atoms with Crippen molar-refractivity contribution in [2.24, 2.45) is 0 Å². The number of halogens is 1. The van der Waals surface area contributed by atoms with Crippen LogP contribution in [-0.2, 0) is 6.54 Å². The summed E-state index contributed by atoms with van der Waals surface area (Å²) in [6.45, 7) is 1.89. The third-order valence-corrected chi connectivity index (χ3v) is 2.93. The summed E-state index contributed by atoms with van der Waals surface area (Å²) in [6, 6.07) is 3.92. The SMILES string of the molecule is Cc1cnc(CNC(=O)Nc2cc(Br)cc(C(=O)O)c2)o1. The average Bonchev–Trinajstić information content (AvgIpc) is 2.81. The highest BCUT2D eigenvalue weighted by Crippen LogP contribution is 2.19. The molecule has 0 atom stereocenters. The van der Waals surface area contributed by atoms with Gasteiger partial charge in [0.2, 0.25) is 5.89 Å². The third-order valence-electron chi connectivity index (χ3n) is 2.47. The molecule has 0 aliphatic rings. The van der Waals surface area contributed by atoms with Crippen LogP contribution in [0.5, 0.6) is 0 Å². The average molecular weight is 354 g/mol. The Labute approximate surface area is 128 Å². The van der Waals surface area contributed by atoms with Gasteiger partial charge in [0.1, 0.15) is 5.76 Å². The van der Waals surface area contributed by atoms with Crippen LogP contribution in [0.25, 0.3) is 0 Å². The maximum atomic E-state index is 11.7. The summed E-state index contributed by atoms with van der Waals surface area (Å²) < 4.78 is 5.77. The van der Waals surface area contributed by atoms with Gasteiger partial charge in [-0.1, -0.05) is 15.9 Å². The number of hydrogen-bond acceptors (Lipinski definition) is 4. The fraction of sp³-hybridized carbons (Fsp3) is 0.154. The summed E-state index contributed by atoms with van der Waals surface area (Å²) in [5.41, 5.74) is 0.436. The summed E-state index contributed by atoms with van der Waals surface area (Å²) in [6.07, 6.45) is 1.56. The van der Waals surface area contributed by atoms with Crippen molar-refractivity contribution in [2.75, 3.05) is 5.32 Å². The molecule has 1 aromatic heterocycles. The molecule has 110 valence electrons. The monoisotopic (exact) mass is 353 g/mol. The van der Waals surface area contributed by atoms with Crippen molar-refractivity contribution in [1.82, 2.24) is 10.3 Å². The number of hydrogen-bond donors (Lipinski definition) is 3. The number of amides is 2. The molecule has 2 amide bonds. The smallest absolute Gasteiger partial charge is 0.335 e. The van der Waals surface area contributed by atoms with E-state index in [-0.39, 0.29) is 12.1 Å². The second-order valence-electron chi connectivity index (χ2n) is 4.21. The molecule has 7 nitrogen and oxygen atoms in total. The number of aromatic nitrogens is 1. The van der Waals surface area contributed by atoms with Crippen LogP contribution in [0.3, 0.4) is 0 Å². The summed E-state index contributed by atoms with van der Waals surface area (Å²) in [7, 11) is 0. The first-order valence-electron chi connectivity index (χ1n) is 5.94. The predicted octanol–water partition coefficient (Wildman–Crippen LogP) is 2.77. The Hall–Kier alpha value is -2.35. The third kappa shape index (κ3) is 4.32. The van der Waals surface area contributed by atoms with Gasteiger partial charge in [0.05, 0.1) is 18.3 Å². The number of nitrogens with one attached hydrogen (secondary N) is 2. The van der Waals surface area contributed by atoms with Crippen molar-refractivity contribution < 1.29 is 19.1 Å². The van der Waals surface area contributed by atoms with E-state index in [1.54, 1.807) is 19.2 Å². The number of aryl methyl sites for hydroxylation is 1. The van der Waals surface area contributed by atoms with Crippen LogP contribution in [0, 0.1) is 6.92 Å². The molecule has 0 unspecified atom stereocenters. The maximum Gasteiger partial charge on any atom is 0.335 e. The van der Waals surface area contributed by atoms with Gasteiger partial charge in [0.25, 0.3) is 0 Å². The second kappa shape index (κ2) is 6.40. The minimum Gasteiger partial charge on any atom is -0.478 e. The van der Waals surface area contributed by atoms with E-state index in [2.05, 4.69) is 31.5 Å². The van der Waals surface area contributed by atoms with E-state index < -0.39 is 12.0 Å². The van der Waals surface area contributed by atoms with Crippen molar-refractivity contribution >= 4 is 33.6 Å². The molecular formula is C13H12BrN3O4. The van der Waals surface area contributed by atoms with Crippen molar-refractivity contribution in [3.8, 4) is 0 Å². The van der Waals surface area contributed by atoms with Gasteiger partial charge >= 0.3 is 12.0 Å². The van der Waals surface area contributed by atoms with Crippen LogP contribution in [0.15, 0.2) is 33.3 Å². The zero-order valence-corrected chi connectivity index (χ0v) is 12.6. The van der Waals surface area contributed by atoms with Gasteiger partial charge in [-0.15, -0.1) is 0 Å². The van der Waals surface area contributed by atoms with Crippen LogP contribution in [-0.4, -0.2) is 22.1 Å². The van der Waals surface area contributed by atoms with Gasteiger partial charge in [0.15, 0.2) is 0 Å². The number of anilines is 1. The molecule has 0 saturated heterocycles. The fourth-order valence-corrected chi connectivity index (χ4v) is 2.09. The van der Waals surface area contributed by atoms with Gasteiger partial charge in [-0.3, -0.25) is 0 Å². The highest BCUT2D eigenvalue weighted by molar-refractivity contribution is 9.10. The van der Waals surface area contributed by atoms with E-state index in [0.29, 0.717) is 21.8 Å². The van der Waals surface area contributed by atoms with Crippen LogP contribution in [0.1, 0.15) is 22.0 Å². The van der Waals surface area contributed by atoms with E-state index in [4.69, 9.17) is 9.52 Å². The number of benzene rings is 1. The molecule has 3 N–H and O–H groups in total. The molecule has 8 heteroatoms. The van der Waals surface area contributed by atoms with E-state index >= 15 is 0 Å². The van der Waals surface area contributed by atoms with Gasteiger partial charge < -0.3 is 20.2 Å². The highest BCUT2D eigenvalue weighted by Gasteiger charge is 2.09. The topological polar surface area (TPSA) is 104 Å². The first-order chi connectivity index (χ1) is 9.94. The lowest BCUT2D eigenvalue weighted by atomic mass is 10.2. The van der Waals surface area contributed by atoms with Gasteiger partial charge in [-0.05, 0) is 25.1 Å². The van der Waals surface area contributed by atoms with Gasteiger partial charge in [-0.2, -0.15) is 0 Å². The molecule has 0 saturated carbocycles. The van der Waals surface area contributed by atoms with Crippen molar-refractivity contribution in [1.29, 1.82) is 0 Å². The number of carboxylic acid groups (broad SMARTS) is 1. The second-order valence-corrected chi connectivity index (χ2v) is 5.12. The number of carbonyl (C=O) groups is 2. The van der Waals surface area contributed by atoms with Crippen LogP contribution in [0.2, 0.25) is 0 Å². The molecule has 0 radical (unpaired) electrons. The Balaban J connectivity index is 1.97. The Bertz CT molecular complexity index is 684. The summed E-state index contributed by atoms with van der Waals surface area (Å²) in [5, 5.41) is 14.1. The molecule has 0 bridgehead atoms. The number of carboxylic acids is 1. The molecule has 0 fully saturated rings. The van der Waals surface area contributed by atoms with Crippen LogP contribution >= 0.6 is 15.9 Å². The van der Waals surface area contributed by atoms with E-state index in [0.717, 1.165) is 0 Å². The first-order valence-corrected chi connectivity index (χ1v) is 6.73. The van der Waals surface area contributed by atoms with Crippen molar-refractivity contribution in [2.45, 2.75) is 13.5 Å². The Kier molecular flexibility index (Phi) is 4.59. The number of urea groups is 1. The number of carbonyl (C=O) groups excluding carboxylic acids is 1. The molecule has 0 aliphatic carbocycles. The lowest BCUT2D eigenvalue weighted by molar-refractivity contribution is 0.0697. The van der Waals surface area contributed by atoms with Crippen molar-refractivity contribution in [3.63, 3.8) is 0 Å². The number of nitrogens with zero attached hydrogens (tertiary/aromatic N) is 1. The zero-order chi connectivity index (χ0) is 15.4. The van der Waals surface area contributed by atoms with Gasteiger partial charge in [0, 0.05) is 10.2 Å². The summed E-state index contributed by atoms with van der Waals surface area (Å²) >= 11 is 3.19. The molecule has 2 rings (SSSR count). The van der Waals surface area contributed by atoms with Crippen LogP contribution in [0.4, 0.5) is 10.5 Å². The summed E-state index contributed by atoms with van der Waals surface area (Å²) in [5.74, 6) is -0.0246. The molecule has 1 aromatic carbocycles. The molecule has 2 aromatic rings. The molecule has 0 aliphatic heterocycles. The van der Waals surface area contributed by atoms with Crippen molar-refractivity contribution in [3.05, 3.63) is 46.1 Å². The normalized spacial score (nSPS) is 10.2. The maximum absolute atomic E-state index is 11.7. The van der Waals surface area contributed by atoms with E-state index in [1.165, 1.54) is 12.1 Å². The minimum absolute atomic E-state index is 0.0722. The minimum atomic E-state index is -1.07. The lowest BCUT2D eigenvalue weighted by Gasteiger charge is -2.07.